The van der Waals surface area contributed by atoms with Crippen LogP contribution in [0.4, 0.5) is 5.69 Å². The number of aryl methyl sites for hydroxylation is 2. The van der Waals surface area contributed by atoms with Crippen LogP contribution < -0.4 is 9.62 Å². The molecule has 7 nitrogen and oxygen atoms in total. The van der Waals surface area contributed by atoms with E-state index in [4.69, 9.17) is 34.8 Å². The van der Waals surface area contributed by atoms with E-state index in [0.717, 1.165) is 15.4 Å². The van der Waals surface area contributed by atoms with Crippen LogP contribution in [0.2, 0.25) is 15.1 Å². The summed E-state index contributed by atoms with van der Waals surface area (Å²) >= 11 is 19.0. The average molecular weight is 653 g/mol. The van der Waals surface area contributed by atoms with Gasteiger partial charge in [0.25, 0.3) is 10.0 Å². The summed E-state index contributed by atoms with van der Waals surface area (Å²) in [6.07, 6.45) is 0.996. The first-order valence-corrected chi connectivity index (χ1v) is 16.2. The fourth-order valence-electron chi connectivity index (χ4n) is 4.30. The van der Waals surface area contributed by atoms with Gasteiger partial charge in [-0.3, -0.25) is 13.9 Å². The number of nitrogens with zero attached hydrogens (tertiary/aromatic N) is 2. The van der Waals surface area contributed by atoms with E-state index in [9.17, 15) is 18.0 Å². The maximum absolute atomic E-state index is 14.2. The molecule has 0 spiro atoms. The van der Waals surface area contributed by atoms with Crippen molar-refractivity contribution in [2.24, 2.45) is 0 Å². The zero-order chi connectivity index (χ0) is 31.2. The van der Waals surface area contributed by atoms with Crippen molar-refractivity contribution < 1.29 is 18.0 Å². The first-order chi connectivity index (χ1) is 19.8. The smallest absolute Gasteiger partial charge is 0.264 e. The molecule has 3 aromatic carbocycles. The van der Waals surface area contributed by atoms with Crippen molar-refractivity contribution in [3.63, 3.8) is 0 Å². The Kier molecular flexibility index (Phi) is 11.7. The van der Waals surface area contributed by atoms with Gasteiger partial charge in [-0.15, -0.1) is 0 Å². The van der Waals surface area contributed by atoms with E-state index in [0.29, 0.717) is 33.5 Å². The van der Waals surface area contributed by atoms with Crippen LogP contribution in [0, 0.1) is 13.8 Å². The molecule has 3 rings (SSSR count). The van der Waals surface area contributed by atoms with E-state index in [1.54, 1.807) is 56.3 Å². The lowest BCUT2D eigenvalue weighted by molar-refractivity contribution is -0.140. The lowest BCUT2D eigenvalue weighted by Gasteiger charge is -2.34. The Bertz CT molecular complexity index is 1530. The van der Waals surface area contributed by atoms with Gasteiger partial charge in [0.15, 0.2) is 0 Å². The predicted molar refractivity (Wildman–Crippen MR) is 171 cm³/mol. The third kappa shape index (κ3) is 8.19. The lowest BCUT2D eigenvalue weighted by Crippen LogP contribution is -2.53. The molecule has 0 saturated heterocycles. The fraction of sp³-hybridized carbons (Fsp3) is 0.355. The molecule has 1 N–H and O–H groups in total. The Morgan fingerprint density at radius 1 is 0.881 bits per heavy atom. The number of amides is 2. The standard InChI is InChI=1S/C31H36Cl3N3O4S/c1-6-22(5)35-31(39)29(7-2)36(18-23-11-12-24(32)16-28(23)34)30(38)19-37(25-13-10-21(4)27(33)17-25)42(40,41)26-14-8-20(3)9-15-26/h8-17,22,29H,6-7,18-19H2,1-5H3,(H,35,39). The number of hydrogen-bond acceptors (Lipinski definition) is 4. The molecule has 3 aromatic rings. The Labute approximate surface area is 263 Å². The number of anilines is 1. The molecule has 2 atom stereocenters. The number of sulfonamides is 1. The second-order valence-corrected chi connectivity index (χ2v) is 13.4. The highest BCUT2D eigenvalue weighted by Crippen LogP contribution is 2.29. The van der Waals surface area contributed by atoms with Crippen LogP contribution in [0.25, 0.3) is 0 Å². The summed E-state index contributed by atoms with van der Waals surface area (Å²) in [4.78, 5) is 29.0. The Morgan fingerprint density at radius 3 is 2.12 bits per heavy atom. The minimum Gasteiger partial charge on any atom is -0.352 e. The largest absolute Gasteiger partial charge is 0.352 e. The van der Waals surface area contributed by atoms with E-state index in [-0.39, 0.29) is 29.1 Å². The van der Waals surface area contributed by atoms with Crippen molar-refractivity contribution in [2.75, 3.05) is 10.8 Å². The quantitative estimate of drug-likeness (QED) is 0.225. The number of hydrogen-bond donors (Lipinski definition) is 1. The van der Waals surface area contributed by atoms with Crippen LogP contribution >= 0.6 is 34.8 Å². The highest BCUT2D eigenvalue weighted by Gasteiger charge is 2.34. The number of rotatable bonds is 12. The Balaban J connectivity index is 2.11. The van der Waals surface area contributed by atoms with Crippen molar-refractivity contribution in [1.29, 1.82) is 0 Å². The van der Waals surface area contributed by atoms with Gasteiger partial charge in [-0.1, -0.05) is 78.5 Å². The number of halogens is 3. The number of carbonyl (C=O) groups is 2. The van der Waals surface area contributed by atoms with Crippen LogP contribution in [-0.4, -0.2) is 43.8 Å². The molecule has 0 fully saturated rings. The molecule has 0 radical (unpaired) electrons. The average Bonchev–Trinajstić information content (AvgIpc) is 2.94. The van der Waals surface area contributed by atoms with Crippen LogP contribution in [0.3, 0.4) is 0 Å². The van der Waals surface area contributed by atoms with Gasteiger partial charge in [-0.25, -0.2) is 8.42 Å². The maximum atomic E-state index is 14.2. The van der Waals surface area contributed by atoms with E-state index in [2.05, 4.69) is 5.32 Å². The van der Waals surface area contributed by atoms with Crippen molar-refractivity contribution in [1.82, 2.24) is 10.2 Å². The van der Waals surface area contributed by atoms with Gasteiger partial charge in [-0.2, -0.15) is 0 Å². The van der Waals surface area contributed by atoms with Gasteiger partial charge in [0, 0.05) is 27.7 Å². The molecule has 0 aliphatic heterocycles. The van der Waals surface area contributed by atoms with Gasteiger partial charge in [0.05, 0.1) is 10.6 Å². The van der Waals surface area contributed by atoms with E-state index >= 15 is 0 Å². The minimum atomic E-state index is -4.21. The molecule has 0 aromatic heterocycles. The summed E-state index contributed by atoms with van der Waals surface area (Å²) in [6, 6.07) is 15.1. The monoisotopic (exact) mass is 651 g/mol. The normalized spacial score (nSPS) is 12.9. The Hall–Kier alpha value is -2.78. The summed E-state index contributed by atoms with van der Waals surface area (Å²) in [5.74, 6) is -0.920. The summed E-state index contributed by atoms with van der Waals surface area (Å²) in [6.45, 7) is 8.67. The van der Waals surface area contributed by atoms with E-state index in [1.807, 2.05) is 20.8 Å². The Morgan fingerprint density at radius 2 is 1.55 bits per heavy atom. The highest BCUT2D eigenvalue weighted by atomic mass is 35.5. The van der Waals surface area contributed by atoms with Crippen molar-refractivity contribution in [3.05, 3.63) is 92.4 Å². The van der Waals surface area contributed by atoms with E-state index in [1.165, 1.54) is 23.1 Å². The molecule has 0 aliphatic carbocycles. The molecule has 0 bridgehead atoms. The minimum absolute atomic E-state index is 0.0199. The van der Waals surface area contributed by atoms with Gasteiger partial charge in [0.1, 0.15) is 12.6 Å². The third-order valence-electron chi connectivity index (χ3n) is 7.07. The molecule has 0 heterocycles. The third-order valence-corrected chi connectivity index (χ3v) is 9.86. The highest BCUT2D eigenvalue weighted by molar-refractivity contribution is 7.92. The van der Waals surface area contributed by atoms with Gasteiger partial charge in [0.2, 0.25) is 11.8 Å². The lowest BCUT2D eigenvalue weighted by atomic mass is 10.1. The molecule has 42 heavy (non-hydrogen) atoms. The molecule has 226 valence electrons. The second-order valence-electron chi connectivity index (χ2n) is 10.3. The topological polar surface area (TPSA) is 86.8 Å². The zero-order valence-corrected chi connectivity index (χ0v) is 27.4. The summed E-state index contributed by atoms with van der Waals surface area (Å²) < 4.78 is 29.0. The first kappa shape index (κ1) is 33.7. The molecular weight excluding hydrogens is 617 g/mol. The van der Waals surface area contributed by atoms with E-state index < -0.39 is 28.5 Å². The fourth-order valence-corrected chi connectivity index (χ4v) is 6.35. The van der Waals surface area contributed by atoms with Gasteiger partial charge >= 0.3 is 0 Å². The molecular formula is C31H36Cl3N3O4S. The molecule has 2 unspecified atom stereocenters. The zero-order valence-electron chi connectivity index (χ0n) is 24.3. The first-order valence-electron chi connectivity index (χ1n) is 13.7. The summed E-state index contributed by atoms with van der Waals surface area (Å²) in [5.41, 5.74) is 2.43. The van der Waals surface area contributed by atoms with Crippen LogP contribution in [0.1, 0.15) is 50.3 Å². The number of nitrogens with one attached hydrogen (secondary N) is 1. The number of carbonyl (C=O) groups excluding carboxylic acids is 2. The second kappa shape index (κ2) is 14.6. The SMILES string of the molecule is CCC(C)NC(=O)C(CC)N(Cc1ccc(Cl)cc1Cl)C(=O)CN(c1ccc(C)c(Cl)c1)S(=O)(=O)c1ccc(C)cc1. The summed E-state index contributed by atoms with van der Waals surface area (Å²) in [7, 11) is -4.21. The van der Waals surface area contributed by atoms with Crippen molar-refractivity contribution >= 4 is 62.3 Å². The molecule has 0 aliphatic rings. The van der Waals surface area contributed by atoms with Crippen molar-refractivity contribution in [2.45, 2.75) is 71.0 Å². The van der Waals surface area contributed by atoms with Crippen LogP contribution in [-0.2, 0) is 26.2 Å². The number of benzene rings is 3. The molecule has 11 heteroatoms. The predicted octanol–water partition coefficient (Wildman–Crippen LogP) is 7.18. The van der Waals surface area contributed by atoms with Crippen LogP contribution in [0.15, 0.2) is 65.6 Å². The van der Waals surface area contributed by atoms with Gasteiger partial charge < -0.3 is 10.2 Å². The molecule has 0 saturated carbocycles. The van der Waals surface area contributed by atoms with Crippen LogP contribution in [0.5, 0.6) is 0 Å². The molecule has 2 amide bonds. The van der Waals surface area contributed by atoms with Crippen molar-refractivity contribution in [3.8, 4) is 0 Å². The summed E-state index contributed by atoms with van der Waals surface area (Å²) in [5, 5.41) is 4.06. The maximum Gasteiger partial charge on any atom is 0.264 e. The van der Waals surface area contributed by atoms with Gasteiger partial charge in [-0.05, 0) is 81.1 Å².